The van der Waals surface area contributed by atoms with Gasteiger partial charge in [-0.15, -0.1) is 0 Å². The van der Waals surface area contributed by atoms with Crippen molar-refractivity contribution in [2.45, 2.75) is 51.8 Å². The number of anilines is 1. The summed E-state index contributed by atoms with van der Waals surface area (Å²) in [6.07, 6.45) is 4.86. The van der Waals surface area contributed by atoms with E-state index < -0.39 is 0 Å². The number of carbonyl (C=O) groups excluding carboxylic acids is 1. The summed E-state index contributed by atoms with van der Waals surface area (Å²) >= 11 is 0. The van der Waals surface area contributed by atoms with E-state index in [1.54, 1.807) is 0 Å². The molecule has 2 aromatic rings. The Hall–Kier alpha value is -2.34. The Labute approximate surface area is 154 Å². The van der Waals surface area contributed by atoms with Crippen molar-refractivity contribution in [1.29, 1.82) is 0 Å². The molecule has 0 aliphatic carbocycles. The van der Waals surface area contributed by atoms with Crippen molar-refractivity contribution in [1.82, 2.24) is 15.1 Å². The Morgan fingerprint density at radius 3 is 2.88 bits per heavy atom. The molecule has 1 aromatic carbocycles. The van der Waals surface area contributed by atoms with Gasteiger partial charge in [-0.3, -0.25) is 10.00 Å². The highest BCUT2D eigenvalue weighted by Gasteiger charge is 2.24. The molecule has 1 fully saturated rings. The van der Waals surface area contributed by atoms with E-state index in [9.17, 15) is 4.79 Å². The molecule has 6 heteroatoms. The molecule has 3 rings (SSSR count). The maximum Gasteiger partial charge on any atom is 0.320 e. The van der Waals surface area contributed by atoms with Crippen molar-refractivity contribution in [3.63, 3.8) is 0 Å². The number of nitrogens with zero attached hydrogens (tertiary/aromatic N) is 2. The Morgan fingerprint density at radius 2 is 2.12 bits per heavy atom. The minimum Gasteiger partial charge on any atom is -0.378 e. The summed E-state index contributed by atoms with van der Waals surface area (Å²) in [6.45, 7) is 5.77. The Balaban J connectivity index is 1.47. The van der Waals surface area contributed by atoms with Gasteiger partial charge in [0.15, 0.2) is 5.82 Å². The molecule has 1 saturated heterocycles. The van der Waals surface area contributed by atoms with Gasteiger partial charge < -0.3 is 10.1 Å². The Kier molecular flexibility index (Phi) is 6.28. The molecule has 1 aromatic heterocycles. The summed E-state index contributed by atoms with van der Waals surface area (Å²) in [6, 6.07) is 11.9. The third-order valence-electron chi connectivity index (χ3n) is 4.51. The van der Waals surface area contributed by atoms with Gasteiger partial charge in [-0.1, -0.05) is 44.2 Å². The Morgan fingerprint density at radius 1 is 1.31 bits per heavy atom. The average Bonchev–Trinajstić information content (AvgIpc) is 3.02. The number of aromatic nitrogens is 2. The summed E-state index contributed by atoms with van der Waals surface area (Å²) in [7, 11) is 0. The average molecular weight is 356 g/mol. The Bertz CT molecular complexity index is 699. The van der Waals surface area contributed by atoms with Gasteiger partial charge in [0.05, 0.1) is 12.6 Å². The fraction of sp³-hybridized carbons (Fsp3) is 0.500. The third kappa shape index (κ3) is 5.59. The van der Waals surface area contributed by atoms with Gasteiger partial charge in [0.2, 0.25) is 0 Å². The number of ether oxygens (including phenoxy) is 1. The monoisotopic (exact) mass is 356 g/mol. The minimum absolute atomic E-state index is 0.152. The molecule has 26 heavy (non-hydrogen) atoms. The van der Waals surface area contributed by atoms with Gasteiger partial charge >= 0.3 is 6.03 Å². The van der Waals surface area contributed by atoms with E-state index >= 15 is 0 Å². The topological polar surface area (TPSA) is 68.2 Å². The molecule has 1 aliphatic rings. The first kappa shape index (κ1) is 18.5. The van der Waals surface area contributed by atoms with Crippen LogP contribution in [0.2, 0.25) is 0 Å². The smallest absolute Gasteiger partial charge is 0.320 e. The van der Waals surface area contributed by atoms with E-state index in [1.165, 1.54) is 5.56 Å². The highest BCUT2D eigenvalue weighted by Crippen LogP contribution is 2.20. The predicted octanol–water partition coefficient (Wildman–Crippen LogP) is 3.65. The molecule has 0 radical (unpaired) electrons. The van der Waals surface area contributed by atoms with Crippen molar-refractivity contribution in [2.24, 2.45) is 5.92 Å². The lowest BCUT2D eigenvalue weighted by atomic mass is 9.96. The van der Waals surface area contributed by atoms with Crippen LogP contribution in [0.1, 0.15) is 38.7 Å². The lowest BCUT2D eigenvalue weighted by Crippen LogP contribution is -2.44. The number of hydrogen-bond acceptors (Lipinski definition) is 3. The molecule has 0 unspecified atom stereocenters. The molecule has 0 spiro atoms. The lowest BCUT2D eigenvalue weighted by molar-refractivity contribution is -0.00717. The van der Waals surface area contributed by atoms with Crippen LogP contribution in [0.25, 0.3) is 0 Å². The van der Waals surface area contributed by atoms with Gasteiger partial charge in [0, 0.05) is 24.9 Å². The van der Waals surface area contributed by atoms with E-state index in [-0.39, 0.29) is 18.2 Å². The van der Waals surface area contributed by atoms with E-state index in [0.29, 0.717) is 24.9 Å². The highest BCUT2D eigenvalue weighted by atomic mass is 16.5. The summed E-state index contributed by atoms with van der Waals surface area (Å²) in [5.41, 5.74) is 1.17. The minimum atomic E-state index is -0.204. The number of hydrogen-bond donors (Lipinski definition) is 2. The standard InChI is InChI=1S/C20H28N4O2/c1-15(2)12-18-13-17(9-11-26-18)21-20(25)22-19-8-10-24(23-19)14-16-6-4-3-5-7-16/h3-8,10,15,17-18H,9,11-14H2,1-2H3,(H2,21,22,23,25)/t17-,18-/m1/s1. The van der Waals surface area contributed by atoms with Crippen LogP contribution in [0.5, 0.6) is 0 Å². The normalized spacial score (nSPS) is 20.1. The third-order valence-corrected chi connectivity index (χ3v) is 4.51. The molecular formula is C20H28N4O2. The van der Waals surface area contributed by atoms with E-state index in [4.69, 9.17) is 4.74 Å². The second kappa shape index (κ2) is 8.85. The van der Waals surface area contributed by atoms with Gasteiger partial charge in [-0.2, -0.15) is 5.10 Å². The fourth-order valence-electron chi connectivity index (χ4n) is 3.33. The summed E-state index contributed by atoms with van der Waals surface area (Å²) in [5, 5.41) is 10.3. The first-order chi connectivity index (χ1) is 12.6. The largest absolute Gasteiger partial charge is 0.378 e. The van der Waals surface area contributed by atoms with Crippen LogP contribution in [-0.2, 0) is 11.3 Å². The highest BCUT2D eigenvalue weighted by molar-refractivity contribution is 5.88. The van der Waals surface area contributed by atoms with Crippen LogP contribution in [0.15, 0.2) is 42.6 Å². The van der Waals surface area contributed by atoms with Crippen LogP contribution in [0.3, 0.4) is 0 Å². The van der Waals surface area contributed by atoms with Crippen molar-refractivity contribution < 1.29 is 9.53 Å². The molecule has 2 atom stereocenters. The summed E-state index contributed by atoms with van der Waals surface area (Å²) in [4.78, 5) is 12.3. The number of carbonyl (C=O) groups is 1. The summed E-state index contributed by atoms with van der Waals surface area (Å²) < 4.78 is 7.61. The van der Waals surface area contributed by atoms with Crippen LogP contribution in [0, 0.1) is 5.92 Å². The van der Waals surface area contributed by atoms with Gasteiger partial charge in [0.1, 0.15) is 0 Å². The van der Waals surface area contributed by atoms with Crippen molar-refractivity contribution in [3.05, 3.63) is 48.2 Å². The first-order valence-corrected chi connectivity index (χ1v) is 9.35. The molecule has 2 N–H and O–H groups in total. The van der Waals surface area contributed by atoms with E-state index in [2.05, 4.69) is 41.7 Å². The second-order valence-corrected chi connectivity index (χ2v) is 7.33. The van der Waals surface area contributed by atoms with Crippen molar-refractivity contribution >= 4 is 11.8 Å². The molecule has 0 saturated carbocycles. The van der Waals surface area contributed by atoms with Gasteiger partial charge in [-0.25, -0.2) is 4.79 Å². The fourth-order valence-corrected chi connectivity index (χ4v) is 3.33. The molecule has 0 bridgehead atoms. The summed E-state index contributed by atoms with van der Waals surface area (Å²) in [5.74, 6) is 1.16. The van der Waals surface area contributed by atoms with Crippen molar-refractivity contribution in [3.8, 4) is 0 Å². The van der Waals surface area contributed by atoms with Crippen LogP contribution < -0.4 is 10.6 Å². The molecule has 6 nitrogen and oxygen atoms in total. The zero-order valence-corrected chi connectivity index (χ0v) is 15.5. The van der Waals surface area contributed by atoms with Gasteiger partial charge in [-0.05, 0) is 30.7 Å². The van der Waals surface area contributed by atoms with E-state index in [0.717, 1.165) is 19.3 Å². The SMILES string of the molecule is CC(C)C[C@@H]1C[C@H](NC(=O)Nc2ccn(Cc3ccccc3)n2)CCO1. The molecule has 2 amide bonds. The number of nitrogens with one attached hydrogen (secondary N) is 2. The quantitative estimate of drug-likeness (QED) is 0.830. The number of rotatable bonds is 6. The number of urea groups is 1. The zero-order chi connectivity index (χ0) is 18.4. The molecular weight excluding hydrogens is 328 g/mol. The van der Waals surface area contributed by atoms with Crippen LogP contribution in [-0.4, -0.2) is 34.6 Å². The van der Waals surface area contributed by atoms with Crippen LogP contribution in [0.4, 0.5) is 10.6 Å². The van der Waals surface area contributed by atoms with Crippen LogP contribution >= 0.6 is 0 Å². The number of benzene rings is 1. The maximum atomic E-state index is 12.3. The number of amides is 2. The molecule has 2 heterocycles. The molecule has 140 valence electrons. The maximum absolute atomic E-state index is 12.3. The zero-order valence-electron chi connectivity index (χ0n) is 15.5. The van der Waals surface area contributed by atoms with Crippen molar-refractivity contribution in [2.75, 3.05) is 11.9 Å². The lowest BCUT2D eigenvalue weighted by Gasteiger charge is -2.31. The second-order valence-electron chi connectivity index (χ2n) is 7.33. The van der Waals surface area contributed by atoms with Gasteiger partial charge in [0.25, 0.3) is 0 Å². The molecule has 1 aliphatic heterocycles. The predicted molar refractivity (Wildman–Crippen MR) is 102 cm³/mol. The first-order valence-electron chi connectivity index (χ1n) is 9.35. The van der Waals surface area contributed by atoms with E-state index in [1.807, 2.05) is 35.1 Å².